The van der Waals surface area contributed by atoms with E-state index in [0.717, 1.165) is 27.1 Å². The van der Waals surface area contributed by atoms with Crippen molar-refractivity contribution in [1.82, 2.24) is 10.3 Å². The van der Waals surface area contributed by atoms with Crippen LogP contribution in [0.1, 0.15) is 32.3 Å². The molecule has 1 heterocycles. The van der Waals surface area contributed by atoms with Crippen LogP contribution >= 0.6 is 23.1 Å². The Morgan fingerprint density at radius 2 is 1.45 bits per heavy atom. The summed E-state index contributed by atoms with van der Waals surface area (Å²) in [7, 11) is 3.16. The Kier molecular flexibility index (Phi) is 12.0. The molecule has 0 fully saturated rings. The number of thiazole rings is 1. The second-order valence-corrected chi connectivity index (χ2v) is 13.8. The molecule has 3 N–H and O–H groups in total. The quantitative estimate of drug-likeness (QED) is 0.0799. The third-order valence-corrected chi connectivity index (χ3v) is 10.1. The van der Waals surface area contributed by atoms with Gasteiger partial charge in [-0.2, -0.15) is 0 Å². The van der Waals surface area contributed by atoms with Gasteiger partial charge in [-0.1, -0.05) is 78.4 Å². The van der Waals surface area contributed by atoms with Crippen LogP contribution in [-0.2, 0) is 9.59 Å². The van der Waals surface area contributed by atoms with Gasteiger partial charge in [0.2, 0.25) is 5.91 Å². The maximum Gasteiger partial charge on any atom is 0.272 e. The van der Waals surface area contributed by atoms with E-state index in [1.165, 1.54) is 23.1 Å². The molecule has 0 radical (unpaired) electrons. The Labute approximate surface area is 316 Å². The lowest BCUT2D eigenvalue weighted by atomic mass is 10.1. The largest absolute Gasteiger partial charge is 0.493 e. The maximum atomic E-state index is 13.8. The number of hydrogen-bond acceptors (Lipinski definition) is 8. The van der Waals surface area contributed by atoms with Gasteiger partial charge in [-0.25, -0.2) is 4.98 Å². The summed E-state index contributed by atoms with van der Waals surface area (Å²) in [4.78, 5) is 45.8. The highest BCUT2D eigenvalue weighted by Crippen LogP contribution is 2.38. The number of aromatic nitrogens is 1. The Morgan fingerprint density at radius 1 is 0.774 bits per heavy atom. The van der Waals surface area contributed by atoms with Crippen LogP contribution in [0.2, 0.25) is 0 Å². The third-order valence-electron chi connectivity index (χ3n) is 8.04. The molecule has 0 saturated heterocycles. The fourth-order valence-electron chi connectivity index (χ4n) is 5.25. The normalized spacial score (nSPS) is 11.6. The number of anilines is 2. The minimum Gasteiger partial charge on any atom is -0.493 e. The minimum absolute atomic E-state index is 0.0958. The molecule has 0 saturated carbocycles. The highest BCUT2D eigenvalue weighted by molar-refractivity contribution is 8.00. The molecule has 53 heavy (non-hydrogen) atoms. The predicted octanol–water partition coefficient (Wildman–Crippen LogP) is 9.02. The molecule has 0 aliphatic rings. The summed E-state index contributed by atoms with van der Waals surface area (Å²) < 4.78 is 10.8. The van der Waals surface area contributed by atoms with Crippen molar-refractivity contribution in [2.24, 2.45) is 0 Å². The molecular formula is C42H36N4O5S2. The molecule has 0 spiro atoms. The van der Waals surface area contributed by atoms with Gasteiger partial charge in [-0.3, -0.25) is 14.4 Å². The van der Waals surface area contributed by atoms with Crippen LogP contribution in [0.4, 0.5) is 10.8 Å². The van der Waals surface area contributed by atoms with Crippen LogP contribution in [0, 0.1) is 6.92 Å². The Bertz CT molecular complexity index is 2220. The highest BCUT2D eigenvalue weighted by Gasteiger charge is 2.24. The zero-order valence-corrected chi connectivity index (χ0v) is 30.8. The molecule has 1 aromatic heterocycles. The number of methoxy groups -OCH3 is 2. The number of rotatable bonds is 13. The molecule has 1 unspecified atom stereocenters. The SMILES string of the molecule is COc1ccc(-c2csc(NC(=O)C(Sc3ccc(NC(=O)/C(=C/c4ccc(C)cc4)NC(=O)c4ccccc4)cc3)c3ccccc3)n2)cc1OC. The summed E-state index contributed by atoms with van der Waals surface area (Å²) in [5.41, 5.74) is 5.25. The molecule has 6 aromatic rings. The highest BCUT2D eigenvalue weighted by atomic mass is 32.2. The number of carbonyl (C=O) groups is 3. The lowest BCUT2D eigenvalue weighted by Gasteiger charge is -2.17. The summed E-state index contributed by atoms with van der Waals surface area (Å²) >= 11 is 2.71. The van der Waals surface area contributed by atoms with Crippen molar-refractivity contribution in [3.8, 4) is 22.8 Å². The molecular weight excluding hydrogens is 705 g/mol. The zero-order chi connectivity index (χ0) is 37.2. The maximum absolute atomic E-state index is 13.8. The average molecular weight is 741 g/mol. The van der Waals surface area contributed by atoms with E-state index in [-0.39, 0.29) is 11.6 Å². The molecule has 0 aliphatic carbocycles. The lowest BCUT2D eigenvalue weighted by molar-refractivity contribution is -0.116. The van der Waals surface area contributed by atoms with Crippen molar-refractivity contribution >= 4 is 57.7 Å². The van der Waals surface area contributed by atoms with E-state index in [4.69, 9.17) is 9.47 Å². The molecule has 3 amide bonds. The molecule has 266 valence electrons. The Morgan fingerprint density at radius 3 is 2.13 bits per heavy atom. The summed E-state index contributed by atoms with van der Waals surface area (Å²) in [6.07, 6.45) is 1.64. The van der Waals surface area contributed by atoms with Crippen LogP contribution in [0.25, 0.3) is 17.3 Å². The van der Waals surface area contributed by atoms with Crippen molar-refractivity contribution < 1.29 is 23.9 Å². The van der Waals surface area contributed by atoms with E-state index in [1.54, 1.807) is 56.7 Å². The molecule has 11 heteroatoms. The molecule has 0 bridgehead atoms. The number of thioether (sulfide) groups is 1. The van der Waals surface area contributed by atoms with E-state index in [2.05, 4.69) is 20.9 Å². The first-order valence-electron chi connectivity index (χ1n) is 16.6. The first-order chi connectivity index (χ1) is 25.8. The van der Waals surface area contributed by atoms with Crippen LogP contribution in [0.5, 0.6) is 11.5 Å². The van der Waals surface area contributed by atoms with E-state index in [9.17, 15) is 14.4 Å². The number of carbonyl (C=O) groups excluding carboxylic acids is 3. The van der Waals surface area contributed by atoms with Gasteiger partial charge in [0.1, 0.15) is 10.9 Å². The van der Waals surface area contributed by atoms with E-state index in [1.807, 2.05) is 103 Å². The van der Waals surface area contributed by atoms with Gasteiger partial charge in [0.25, 0.3) is 11.8 Å². The van der Waals surface area contributed by atoms with Gasteiger partial charge in [0.05, 0.1) is 19.9 Å². The monoisotopic (exact) mass is 740 g/mol. The summed E-state index contributed by atoms with van der Waals surface area (Å²) in [6.45, 7) is 1.98. The summed E-state index contributed by atoms with van der Waals surface area (Å²) in [6, 6.07) is 38.6. The second kappa shape index (κ2) is 17.4. The Balaban J connectivity index is 1.16. The van der Waals surface area contributed by atoms with Crippen molar-refractivity contribution in [2.45, 2.75) is 17.1 Å². The number of hydrogen-bond donors (Lipinski definition) is 3. The second-order valence-electron chi connectivity index (χ2n) is 11.8. The number of nitrogens with zero attached hydrogens (tertiary/aromatic N) is 1. The van der Waals surface area contributed by atoms with Gasteiger partial charge in [-0.05, 0) is 78.7 Å². The zero-order valence-electron chi connectivity index (χ0n) is 29.2. The number of nitrogens with one attached hydrogen (secondary N) is 3. The number of aryl methyl sites for hydroxylation is 1. The third kappa shape index (κ3) is 9.59. The number of amides is 3. The van der Waals surface area contributed by atoms with Crippen LogP contribution in [0.3, 0.4) is 0 Å². The van der Waals surface area contributed by atoms with Gasteiger partial charge < -0.3 is 25.4 Å². The number of ether oxygens (including phenoxy) is 2. The topological polar surface area (TPSA) is 119 Å². The van der Waals surface area contributed by atoms with Gasteiger partial charge >= 0.3 is 0 Å². The van der Waals surface area contributed by atoms with Crippen LogP contribution in [0.15, 0.2) is 143 Å². The molecule has 5 aromatic carbocycles. The molecule has 1 atom stereocenters. The van der Waals surface area contributed by atoms with Gasteiger partial charge in [0, 0.05) is 27.1 Å². The van der Waals surface area contributed by atoms with Crippen molar-refractivity contribution in [1.29, 1.82) is 0 Å². The standard InChI is InChI=1S/C42H36N4O5S2/c1-27-14-16-28(17-15-27)24-34(44-39(47)30-12-8-5-9-13-30)40(48)43-32-19-21-33(22-20-32)53-38(29-10-6-4-7-11-29)41(49)46-42-45-35(26-52-42)31-18-23-36(50-2)37(25-31)51-3/h4-26,38H,1-3H3,(H,43,48)(H,44,47)(H,45,46,49)/b34-24-. The minimum atomic E-state index is -0.595. The smallest absolute Gasteiger partial charge is 0.272 e. The van der Waals surface area contributed by atoms with Crippen molar-refractivity contribution in [3.05, 3.63) is 161 Å². The summed E-state index contributed by atoms with van der Waals surface area (Å²) in [5.74, 6) is 0.0967. The Hall–Kier alpha value is -6.17. The van der Waals surface area contributed by atoms with Crippen LogP contribution < -0.4 is 25.4 Å². The first kappa shape index (κ1) is 36.6. The molecule has 6 rings (SSSR count). The number of benzene rings is 5. The summed E-state index contributed by atoms with van der Waals surface area (Å²) in [5, 5.41) is 10.4. The fourth-order valence-corrected chi connectivity index (χ4v) is 7.00. The van der Waals surface area contributed by atoms with Gasteiger partial charge in [-0.15, -0.1) is 23.1 Å². The predicted molar refractivity (Wildman–Crippen MR) is 212 cm³/mol. The average Bonchev–Trinajstić information content (AvgIpc) is 3.66. The van der Waals surface area contributed by atoms with E-state index in [0.29, 0.717) is 33.6 Å². The van der Waals surface area contributed by atoms with Gasteiger partial charge in [0.15, 0.2) is 16.6 Å². The van der Waals surface area contributed by atoms with E-state index >= 15 is 0 Å². The molecule has 0 aliphatic heterocycles. The van der Waals surface area contributed by atoms with Crippen molar-refractivity contribution in [2.75, 3.05) is 24.9 Å². The first-order valence-corrected chi connectivity index (χ1v) is 18.3. The lowest BCUT2D eigenvalue weighted by Crippen LogP contribution is -2.30. The van der Waals surface area contributed by atoms with Crippen LogP contribution in [-0.4, -0.2) is 36.9 Å². The fraction of sp³-hybridized carbons (Fsp3) is 0.0952. The molecule has 9 nitrogen and oxygen atoms in total. The van der Waals surface area contributed by atoms with Crippen molar-refractivity contribution in [3.63, 3.8) is 0 Å². The van der Waals surface area contributed by atoms with E-state index < -0.39 is 17.1 Å².